The summed E-state index contributed by atoms with van der Waals surface area (Å²) in [7, 11) is 0. The molecule has 0 saturated carbocycles. The van der Waals surface area contributed by atoms with Crippen LogP contribution in [0.15, 0.2) is 29.4 Å². The molecule has 0 spiro atoms. The summed E-state index contributed by atoms with van der Waals surface area (Å²) in [6.07, 6.45) is 0.353. The third-order valence-corrected chi connectivity index (χ3v) is 3.52. The summed E-state index contributed by atoms with van der Waals surface area (Å²) in [4.78, 5) is 19.5. The molecule has 0 saturated heterocycles. The zero-order valence-electron chi connectivity index (χ0n) is 12.0. The molecule has 5 heteroatoms. The van der Waals surface area contributed by atoms with Crippen molar-refractivity contribution in [3.8, 4) is 0 Å². The van der Waals surface area contributed by atoms with Crippen LogP contribution in [0.1, 0.15) is 32.8 Å². The van der Waals surface area contributed by atoms with Crippen molar-refractivity contribution in [2.75, 3.05) is 13.1 Å². The molecule has 1 aliphatic heterocycles. The van der Waals surface area contributed by atoms with Crippen molar-refractivity contribution in [2.24, 2.45) is 5.16 Å². The molecule has 0 fully saturated rings. The lowest BCUT2D eigenvalue weighted by Gasteiger charge is -2.28. The summed E-state index contributed by atoms with van der Waals surface area (Å²) in [5.41, 5.74) is 0.266. The van der Waals surface area contributed by atoms with Crippen LogP contribution in [0.2, 0.25) is 0 Å². The Kier molecular flexibility index (Phi) is 4.06. The van der Waals surface area contributed by atoms with Gasteiger partial charge in [0.15, 0.2) is 0 Å². The maximum atomic E-state index is 13.2. The van der Waals surface area contributed by atoms with Crippen molar-refractivity contribution in [3.05, 3.63) is 35.6 Å². The Morgan fingerprint density at radius 3 is 2.75 bits per heavy atom. The lowest BCUT2D eigenvalue weighted by atomic mass is 9.94. The molecule has 1 heterocycles. The van der Waals surface area contributed by atoms with E-state index in [9.17, 15) is 9.18 Å². The third-order valence-electron chi connectivity index (χ3n) is 3.52. The van der Waals surface area contributed by atoms with Crippen molar-refractivity contribution in [1.29, 1.82) is 0 Å². The standard InChI is InChI=1S/C15H19FN2O2/c1-4-18(5-2)14(19)15(3)10-13(17-20-15)11-7-6-8-12(16)9-11/h6-9H,4-5,10H2,1-3H3/t15-/m1/s1. The van der Waals surface area contributed by atoms with Gasteiger partial charge >= 0.3 is 0 Å². The van der Waals surface area contributed by atoms with E-state index in [0.717, 1.165) is 0 Å². The summed E-state index contributed by atoms with van der Waals surface area (Å²) in [5, 5.41) is 3.97. The first-order valence-electron chi connectivity index (χ1n) is 6.80. The molecule has 108 valence electrons. The molecule has 0 unspecified atom stereocenters. The minimum absolute atomic E-state index is 0.0855. The van der Waals surface area contributed by atoms with Gasteiger partial charge in [0, 0.05) is 25.1 Å². The number of hydrogen-bond donors (Lipinski definition) is 0. The second-order valence-electron chi connectivity index (χ2n) is 5.02. The average Bonchev–Trinajstić information content (AvgIpc) is 2.84. The monoisotopic (exact) mass is 278 g/mol. The van der Waals surface area contributed by atoms with Crippen molar-refractivity contribution in [1.82, 2.24) is 4.90 Å². The van der Waals surface area contributed by atoms with E-state index in [1.807, 2.05) is 13.8 Å². The maximum Gasteiger partial charge on any atom is 0.269 e. The smallest absolute Gasteiger partial charge is 0.269 e. The summed E-state index contributed by atoms with van der Waals surface area (Å²) < 4.78 is 13.2. The van der Waals surface area contributed by atoms with Crippen LogP contribution in [-0.4, -0.2) is 35.2 Å². The molecule has 1 aromatic carbocycles. The fraction of sp³-hybridized carbons (Fsp3) is 0.467. The van der Waals surface area contributed by atoms with Crippen LogP contribution in [0.5, 0.6) is 0 Å². The molecule has 20 heavy (non-hydrogen) atoms. The first kappa shape index (κ1) is 14.5. The van der Waals surface area contributed by atoms with Crippen LogP contribution < -0.4 is 0 Å². The van der Waals surface area contributed by atoms with Gasteiger partial charge in [0.2, 0.25) is 5.60 Å². The summed E-state index contributed by atoms with van der Waals surface area (Å²) in [6.45, 7) is 6.83. The van der Waals surface area contributed by atoms with Gasteiger partial charge in [0.1, 0.15) is 5.82 Å². The Bertz CT molecular complexity index is 540. The summed E-state index contributed by atoms with van der Waals surface area (Å²) in [5.74, 6) is -0.411. The highest BCUT2D eigenvalue weighted by molar-refractivity contribution is 6.05. The molecule has 0 radical (unpaired) electrons. The molecular weight excluding hydrogens is 259 g/mol. The second kappa shape index (κ2) is 5.61. The molecule has 0 aromatic heterocycles. The average molecular weight is 278 g/mol. The molecule has 1 aliphatic rings. The van der Waals surface area contributed by atoms with Gasteiger partial charge in [0.25, 0.3) is 5.91 Å². The van der Waals surface area contributed by atoms with E-state index in [2.05, 4.69) is 5.16 Å². The van der Waals surface area contributed by atoms with Crippen molar-refractivity contribution >= 4 is 11.6 Å². The SMILES string of the molecule is CCN(CC)C(=O)[C@@]1(C)CC(c2cccc(F)c2)=NO1. The van der Waals surface area contributed by atoms with E-state index < -0.39 is 5.60 Å². The predicted octanol–water partition coefficient (Wildman–Crippen LogP) is 2.58. The molecule has 2 rings (SSSR count). The lowest BCUT2D eigenvalue weighted by molar-refractivity contribution is -0.152. The van der Waals surface area contributed by atoms with Crippen LogP contribution in [0, 0.1) is 5.82 Å². The summed E-state index contributed by atoms with van der Waals surface area (Å²) in [6, 6.07) is 6.16. The zero-order valence-corrected chi connectivity index (χ0v) is 12.0. The van der Waals surface area contributed by atoms with Crippen LogP contribution in [0.3, 0.4) is 0 Å². The fourth-order valence-electron chi connectivity index (χ4n) is 2.32. The zero-order chi connectivity index (χ0) is 14.8. The van der Waals surface area contributed by atoms with Gasteiger partial charge in [-0.05, 0) is 32.9 Å². The lowest BCUT2D eigenvalue weighted by Crippen LogP contribution is -2.47. The first-order valence-corrected chi connectivity index (χ1v) is 6.80. The van der Waals surface area contributed by atoms with E-state index in [1.165, 1.54) is 12.1 Å². The third kappa shape index (κ3) is 2.66. The minimum Gasteiger partial charge on any atom is -0.379 e. The number of nitrogens with zero attached hydrogens (tertiary/aromatic N) is 2. The number of benzene rings is 1. The minimum atomic E-state index is -0.992. The van der Waals surface area contributed by atoms with Gasteiger partial charge in [-0.1, -0.05) is 17.3 Å². The second-order valence-corrected chi connectivity index (χ2v) is 5.02. The Labute approximate surface area is 118 Å². The number of halogens is 1. The van der Waals surface area contributed by atoms with Crippen molar-refractivity contribution in [2.45, 2.75) is 32.8 Å². The van der Waals surface area contributed by atoms with Gasteiger partial charge in [-0.3, -0.25) is 4.79 Å². The van der Waals surface area contributed by atoms with E-state index in [-0.39, 0.29) is 11.7 Å². The molecule has 4 nitrogen and oxygen atoms in total. The van der Waals surface area contributed by atoms with E-state index in [4.69, 9.17) is 4.84 Å². The number of oxime groups is 1. The molecule has 1 atom stereocenters. The number of hydrogen-bond acceptors (Lipinski definition) is 3. The number of amides is 1. The number of carbonyl (C=O) groups excluding carboxylic acids is 1. The summed E-state index contributed by atoms with van der Waals surface area (Å²) >= 11 is 0. The Morgan fingerprint density at radius 1 is 1.45 bits per heavy atom. The van der Waals surface area contributed by atoms with E-state index in [0.29, 0.717) is 30.8 Å². The topological polar surface area (TPSA) is 41.9 Å². The normalized spacial score (nSPS) is 21.3. The Hall–Kier alpha value is -1.91. The van der Waals surface area contributed by atoms with Crippen molar-refractivity contribution < 1.29 is 14.0 Å². The highest BCUT2D eigenvalue weighted by Crippen LogP contribution is 2.28. The van der Waals surface area contributed by atoms with Crippen molar-refractivity contribution in [3.63, 3.8) is 0 Å². The maximum absolute atomic E-state index is 13.2. The van der Waals surface area contributed by atoms with Gasteiger partial charge in [-0.25, -0.2) is 4.39 Å². The van der Waals surface area contributed by atoms with E-state index >= 15 is 0 Å². The predicted molar refractivity (Wildman–Crippen MR) is 75.0 cm³/mol. The Morgan fingerprint density at radius 2 is 2.15 bits per heavy atom. The van der Waals surface area contributed by atoms with Crippen LogP contribution >= 0.6 is 0 Å². The van der Waals surface area contributed by atoms with Gasteiger partial charge < -0.3 is 9.74 Å². The van der Waals surface area contributed by atoms with Gasteiger partial charge in [-0.2, -0.15) is 0 Å². The number of carbonyl (C=O) groups is 1. The highest BCUT2D eigenvalue weighted by Gasteiger charge is 2.44. The van der Waals surface area contributed by atoms with Crippen LogP contribution in [-0.2, 0) is 9.63 Å². The molecule has 0 N–H and O–H groups in total. The first-order chi connectivity index (χ1) is 9.50. The van der Waals surface area contributed by atoms with Crippen LogP contribution in [0.4, 0.5) is 4.39 Å². The largest absolute Gasteiger partial charge is 0.379 e. The fourth-order valence-corrected chi connectivity index (χ4v) is 2.32. The molecular formula is C15H19FN2O2. The van der Waals surface area contributed by atoms with Crippen LogP contribution in [0.25, 0.3) is 0 Å². The molecule has 1 amide bonds. The number of rotatable bonds is 4. The molecule has 0 aliphatic carbocycles. The Balaban J connectivity index is 2.16. The molecule has 1 aromatic rings. The van der Waals surface area contributed by atoms with Gasteiger partial charge in [0.05, 0.1) is 5.71 Å². The van der Waals surface area contributed by atoms with Gasteiger partial charge in [-0.15, -0.1) is 0 Å². The van der Waals surface area contributed by atoms with E-state index in [1.54, 1.807) is 24.0 Å². The number of likely N-dealkylation sites (N-methyl/N-ethyl adjacent to an activating group) is 1. The molecule has 0 bridgehead atoms. The quantitative estimate of drug-likeness (QED) is 0.849. The highest BCUT2D eigenvalue weighted by atomic mass is 19.1.